The number of aromatic nitrogens is 2. The monoisotopic (exact) mass is 250 g/mol. The summed E-state index contributed by atoms with van der Waals surface area (Å²) in [6.45, 7) is 3.56. The number of Topliss-reactive ketones (excluding diaryl/α,β-unsaturated/α-hetero) is 1. The van der Waals surface area contributed by atoms with E-state index < -0.39 is 0 Å². The molecule has 1 aliphatic carbocycles. The molecule has 5 nitrogen and oxygen atoms in total. The number of ketones is 1. The van der Waals surface area contributed by atoms with Gasteiger partial charge in [0.1, 0.15) is 5.78 Å². The highest BCUT2D eigenvalue weighted by atomic mass is 16.5. The van der Waals surface area contributed by atoms with Crippen molar-refractivity contribution in [3.8, 4) is 0 Å². The first-order chi connectivity index (χ1) is 8.74. The van der Waals surface area contributed by atoms with Gasteiger partial charge in [0, 0.05) is 31.3 Å². The molecular weight excluding hydrogens is 232 g/mol. The summed E-state index contributed by atoms with van der Waals surface area (Å²) in [7, 11) is 0. The molecule has 0 aromatic carbocycles. The standard InChI is InChI=1S/C13H18N2O3/c1-8-6-10(16)2-3-11(8)13-14-12(15-18-13)9-4-5-17-7-9/h8-9,11H,2-7H2,1H3/t8-,9+,11-/m1/s1. The van der Waals surface area contributed by atoms with E-state index >= 15 is 0 Å². The van der Waals surface area contributed by atoms with Gasteiger partial charge in [-0.3, -0.25) is 4.79 Å². The van der Waals surface area contributed by atoms with Crippen LogP contribution in [0.15, 0.2) is 4.52 Å². The normalized spacial score (nSPS) is 32.9. The Balaban J connectivity index is 1.74. The Bertz CT molecular complexity index is 437. The molecular formula is C13H18N2O3. The lowest BCUT2D eigenvalue weighted by atomic mass is 9.80. The third-order valence-corrected chi connectivity index (χ3v) is 4.04. The molecule has 1 aromatic heterocycles. The van der Waals surface area contributed by atoms with Crippen LogP contribution in [0.3, 0.4) is 0 Å². The third kappa shape index (κ3) is 2.19. The zero-order valence-electron chi connectivity index (χ0n) is 10.6. The third-order valence-electron chi connectivity index (χ3n) is 4.04. The van der Waals surface area contributed by atoms with Crippen molar-refractivity contribution in [1.29, 1.82) is 0 Å². The van der Waals surface area contributed by atoms with Crippen molar-refractivity contribution in [2.24, 2.45) is 5.92 Å². The highest BCUT2D eigenvalue weighted by Crippen LogP contribution is 2.36. The summed E-state index contributed by atoms with van der Waals surface area (Å²) in [5.41, 5.74) is 0. The molecule has 1 aromatic rings. The minimum absolute atomic E-state index is 0.242. The molecule has 5 heteroatoms. The number of hydrogen-bond donors (Lipinski definition) is 0. The van der Waals surface area contributed by atoms with Crippen molar-refractivity contribution in [2.75, 3.05) is 13.2 Å². The second-order valence-electron chi connectivity index (χ2n) is 5.42. The molecule has 0 unspecified atom stereocenters. The van der Waals surface area contributed by atoms with Gasteiger partial charge in [0.05, 0.1) is 6.61 Å². The lowest BCUT2D eigenvalue weighted by Crippen LogP contribution is -2.21. The Morgan fingerprint density at radius 1 is 1.33 bits per heavy atom. The highest BCUT2D eigenvalue weighted by molar-refractivity contribution is 5.79. The van der Waals surface area contributed by atoms with Gasteiger partial charge < -0.3 is 9.26 Å². The van der Waals surface area contributed by atoms with Crippen LogP contribution in [0.1, 0.15) is 56.2 Å². The lowest BCUT2D eigenvalue weighted by Gasteiger charge is -2.24. The van der Waals surface area contributed by atoms with Gasteiger partial charge in [-0.25, -0.2) is 0 Å². The van der Waals surface area contributed by atoms with E-state index in [1.807, 2.05) is 0 Å². The van der Waals surface area contributed by atoms with Crippen LogP contribution in [0.25, 0.3) is 0 Å². The number of carbonyl (C=O) groups is 1. The lowest BCUT2D eigenvalue weighted by molar-refractivity contribution is -0.121. The maximum Gasteiger partial charge on any atom is 0.230 e. The summed E-state index contributed by atoms with van der Waals surface area (Å²) >= 11 is 0. The summed E-state index contributed by atoms with van der Waals surface area (Å²) < 4.78 is 10.7. The molecule has 0 bridgehead atoms. The van der Waals surface area contributed by atoms with E-state index in [1.165, 1.54) is 0 Å². The molecule has 3 atom stereocenters. The predicted octanol–water partition coefficient (Wildman–Crippen LogP) is 2.05. The van der Waals surface area contributed by atoms with E-state index in [2.05, 4.69) is 17.1 Å². The van der Waals surface area contributed by atoms with E-state index in [-0.39, 0.29) is 11.8 Å². The number of hydrogen-bond acceptors (Lipinski definition) is 5. The maximum absolute atomic E-state index is 11.4. The van der Waals surface area contributed by atoms with Crippen LogP contribution >= 0.6 is 0 Å². The largest absolute Gasteiger partial charge is 0.381 e. The predicted molar refractivity (Wildman–Crippen MR) is 63.2 cm³/mol. The molecule has 1 saturated carbocycles. The number of carbonyl (C=O) groups excluding carboxylic acids is 1. The van der Waals surface area contributed by atoms with Crippen LogP contribution < -0.4 is 0 Å². The molecule has 0 radical (unpaired) electrons. The molecule has 18 heavy (non-hydrogen) atoms. The number of nitrogens with zero attached hydrogens (tertiary/aromatic N) is 2. The van der Waals surface area contributed by atoms with Gasteiger partial charge in [-0.2, -0.15) is 4.98 Å². The topological polar surface area (TPSA) is 65.2 Å². The average molecular weight is 250 g/mol. The second kappa shape index (κ2) is 4.80. The zero-order chi connectivity index (χ0) is 12.5. The van der Waals surface area contributed by atoms with Gasteiger partial charge in [0.15, 0.2) is 5.82 Å². The summed E-state index contributed by atoms with van der Waals surface area (Å²) in [6, 6.07) is 0. The molecule has 2 fully saturated rings. The van der Waals surface area contributed by atoms with Gasteiger partial charge in [-0.15, -0.1) is 0 Å². The Morgan fingerprint density at radius 3 is 2.94 bits per heavy atom. The molecule has 1 saturated heterocycles. The first-order valence-electron chi connectivity index (χ1n) is 6.67. The fourth-order valence-electron chi connectivity index (χ4n) is 2.87. The minimum Gasteiger partial charge on any atom is -0.381 e. The van der Waals surface area contributed by atoms with E-state index in [1.54, 1.807) is 0 Å². The molecule has 98 valence electrons. The van der Waals surface area contributed by atoms with Crippen LogP contribution in [-0.4, -0.2) is 29.1 Å². The number of ether oxygens (including phenoxy) is 1. The smallest absolute Gasteiger partial charge is 0.230 e. The van der Waals surface area contributed by atoms with Gasteiger partial charge in [-0.1, -0.05) is 12.1 Å². The van der Waals surface area contributed by atoms with Crippen LogP contribution in [-0.2, 0) is 9.53 Å². The first kappa shape index (κ1) is 11.8. The summed E-state index contributed by atoms with van der Waals surface area (Å²) in [6.07, 6.45) is 3.08. The van der Waals surface area contributed by atoms with Crippen molar-refractivity contribution >= 4 is 5.78 Å². The molecule has 0 spiro atoms. The average Bonchev–Trinajstić information content (AvgIpc) is 2.99. The van der Waals surface area contributed by atoms with Crippen molar-refractivity contribution < 1.29 is 14.1 Å². The Hall–Kier alpha value is -1.23. The van der Waals surface area contributed by atoms with Crippen molar-refractivity contribution in [1.82, 2.24) is 10.1 Å². The maximum atomic E-state index is 11.4. The SMILES string of the molecule is C[C@@H]1CC(=O)CC[C@H]1c1nc([C@H]2CCOC2)no1. The molecule has 1 aliphatic heterocycles. The summed E-state index contributed by atoms with van der Waals surface area (Å²) in [4.78, 5) is 15.9. The summed E-state index contributed by atoms with van der Waals surface area (Å²) in [5, 5.41) is 4.08. The van der Waals surface area contributed by atoms with E-state index in [4.69, 9.17) is 9.26 Å². The molecule has 3 rings (SSSR count). The van der Waals surface area contributed by atoms with Gasteiger partial charge in [0.25, 0.3) is 0 Å². The van der Waals surface area contributed by atoms with Crippen molar-refractivity contribution in [3.63, 3.8) is 0 Å². The second-order valence-corrected chi connectivity index (χ2v) is 5.42. The molecule has 0 amide bonds. The fourth-order valence-corrected chi connectivity index (χ4v) is 2.87. The van der Waals surface area contributed by atoms with Gasteiger partial charge in [0.2, 0.25) is 5.89 Å². The van der Waals surface area contributed by atoms with Crippen molar-refractivity contribution in [2.45, 2.75) is 44.4 Å². The van der Waals surface area contributed by atoms with Gasteiger partial charge in [-0.05, 0) is 18.8 Å². The Kier molecular flexibility index (Phi) is 3.16. The molecule has 0 N–H and O–H groups in total. The van der Waals surface area contributed by atoms with Crippen LogP contribution in [0.2, 0.25) is 0 Å². The zero-order valence-corrected chi connectivity index (χ0v) is 10.6. The van der Waals surface area contributed by atoms with Crippen LogP contribution in [0, 0.1) is 5.92 Å². The van der Waals surface area contributed by atoms with E-state index in [9.17, 15) is 4.79 Å². The molecule has 2 aliphatic rings. The first-order valence-corrected chi connectivity index (χ1v) is 6.67. The Morgan fingerprint density at radius 2 is 2.22 bits per heavy atom. The van der Waals surface area contributed by atoms with Crippen LogP contribution in [0.5, 0.6) is 0 Å². The fraction of sp³-hybridized carbons (Fsp3) is 0.769. The highest BCUT2D eigenvalue weighted by Gasteiger charge is 2.32. The van der Waals surface area contributed by atoms with E-state index in [0.29, 0.717) is 37.0 Å². The van der Waals surface area contributed by atoms with Gasteiger partial charge >= 0.3 is 0 Å². The minimum atomic E-state index is 0.242. The molecule has 2 heterocycles. The quantitative estimate of drug-likeness (QED) is 0.803. The Labute approximate surface area is 106 Å². The number of rotatable bonds is 2. The van der Waals surface area contributed by atoms with Crippen molar-refractivity contribution in [3.05, 3.63) is 11.7 Å². The summed E-state index contributed by atoms with van der Waals surface area (Å²) in [5.74, 6) is 2.65. The van der Waals surface area contributed by atoms with Crippen LogP contribution in [0.4, 0.5) is 0 Å². The van der Waals surface area contributed by atoms with E-state index in [0.717, 1.165) is 25.3 Å².